The second-order valence-corrected chi connectivity index (χ2v) is 17.6. The molecule has 1 atom stereocenters. The summed E-state index contributed by atoms with van der Waals surface area (Å²) in [6, 6.07) is 0. The molecule has 0 heterocycles. The van der Waals surface area contributed by atoms with E-state index in [1.54, 1.807) is 0 Å². The van der Waals surface area contributed by atoms with Crippen molar-refractivity contribution in [3.63, 3.8) is 0 Å². The lowest BCUT2D eigenvalue weighted by Crippen LogP contribution is -2.28. The molecule has 362 valence electrons. The molecule has 0 rings (SSSR count). The first-order chi connectivity index (χ1) is 31.1. The Kier molecular flexibility index (Phi) is 50.9. The van der Waals surface area contributed by atoms with Crippen molar-refractivity contribution in [1.29, 1.82) is 0 Å². The van der Waals surface area contributed by atoms with E-state index < -0.39 is 6.10 Å². The summed E-state index contributed by atoms with van der Waals surface area (Å²) < 4.78 is 10.7. The maximum Gasteiger partial charge on any atom is 0.306 e. The largest absolute Gasteiger partial charge is 0.462 e. The highest BCUT2D eigenvalue weighted by Crippen LogP contribution is 2.16. The molecule has 0 aromatic rings. The second-order valence-electron chi connectivity index (χ2n) is 17.6. The predicted molar refractivity (Wildman–Crippen MR) is 274 cm³/mol. The van der Waals surface area contributed by atoms with Crippen molar-refractivity contribution in [2.24, 2.45) is 0 Å². The fraction of sp³-hybridized carbons (Fsp3) is 0.724. The van der Waals surface area contributed by atoms with Crippen molar-refractivity contribution < 1.29 is 24.2 Å². The van der Waals surface area contributed by atoms with Gasteiger partial charge in [0.2, 0.25) is 0 Å². The molecular weight excluding hydrogens is 777 g/mol. The number of hydrogen-bond donors (Lipinski definition) is 1. The average molecular weight is 877 g/mol. The van der Waals surface area contributed by atoms with Crippen molar-refractivity contribution >= 4 is 11.9 Å². The van der Waals surface area contributed by atoms with Crippen LogP contribution in [0.3, 0.4) is 0 Å². The van der Waals surface area contributed by atoms with Crippen LogP contribution >= 0.6 is 0 Å². The van der Waals surface area contributed by atoms with Crippen LogP contribution in [-0.2, 0) is 19.1 Å². The van der Waals surface area contributed by atoms with Gasteiger partial charge in [-0.2, -0.15) is 0 Å². The first kappa shape index (κ1) is 60.1. The van der Waals surface area contributed by atoms with Crippen molar-refractivity contribution in [1.82, 2.24) is 0 Å². The van der Waals surface area contributed by atoms with E-state index in [0.29, 0.717) is 12.8 Å². The van der Waals surface area contributed by atoms with Crippen LogP contribution in [-0.4, -0.2) is 36.4 Å². The summed E-state index contributed by atoms with van der Waals surface area (Å²) in [6.45, 7) is 4.04. The quantitative estimate of drug-likeness (QED) is 0.0374. The monoisotopic (exact) mass is 877 g/mol. The molecule has 1 unspecified atom stereocenters. The van der Waals surface area contributed by atoms with Gasteiger partial charge >= 0.3 is 11.9 Å². The van der Waals surface area contributed by atoms with Crippen LogP contribution < -0.4 is 0 Å². The summed E-state index contributed by atoms with van der Waals surface area (Å²) >= 11 is 0. The number of unbranched alkanes of at least 4 members (excludes halogenated alkanes) is 26. The first-order valence-electron chi connectivity index (χ1n) is 26.6. The lowest BCUT2D eigenvalue weighted by Gasteiger charge is -2.15. The van der Waals surface area contributed by atoms with Gasteiger partial charge in [-0.25, -0.2) is 0 Å². The molecule has 5 heteroatoms. The van der Waals surface area contributed by atoms with E-state index in [1.807, 2.05) is 0 Å². The SMILES string of the molecule is CC/C=C\C/C=C\C/C=C\C/C=C\C/C=C\C/C=C\C/C=C\CCCCCCCCCC(=O)OC(CO)COC(=O)CCCCCCCCCCCCCCCCCCCCCC. The van der Waals surface area contributed by atoms with Crippen LogP contribution in [0.1, 0.15) is 251 Å². The molecular formula is C58H100O5. The summed E-state index contributed by atoms with van der Waals surface area (Å²) in [5, 5.41) is 9.64. The van der Waals surface area contributed by atoms with Crippen LogP contribution in [0.15, 0.2) is 85.1 Å². The molecule has 0 aromatic heterocycles. The van der Waals surface area contributed by atoms with Crippen LogP contribution in [0, 0.1) is 0 Å². The van der Waals surface area contributed by atoms with Gasteiger partial charge in [0.1, 0.15) is 6.61 Å². The number of allylic oxidation sites excluding steroid dienone is 14. The van der Waals surface area contributed by atoms with Gasteiger partial charge in [0.15, 0.2) is 6.10 Å². The number of carbonyl (C=O) groups excluding carboxylic acids is 2. The van der Waals surface area contributed by atoms with E-state index in [4.69, 9.17) is 9.47 Å². The molecule has 0 aliphatic rings. The van der Waals surface area contributed by atoms with Crippen LogP contribution in [0.25, 0.3) is 0 Å². The van der Waals surface area contributed by atoms with Crippen LogP contribution in [0.2, 0.25) is 0 Å². The van der Waals surface area contributed by atoms with Gasteiger partial charge in [0, 0.05) is 12.8 Å². The fourth-order valence-electron chi connectivity index (χ4n) is 7.48. The van der Waals surface area contributed by atoms with E-state index in [2.05, 4.69) is 98.9 Å². The van der Waals surface area contributed by atoms with Crippen LogP contribution in [0.4, 0.5) is 0 Å². The zero-order valence-electron chi connectivity index (χ0n) is 41.3. The number of aliphatic hydroxyl groups excluding tert-OH is 1. The maximum atomic E-state index is 12.3. The maximum absolute atomic E-state index is 12.3. The van der Waals surface area contributed by atoms with Gasteiger partial charge in [0.05, 0.1) is 6.61 Å². The van der Waals surface area contributed by atoms with E-state index in [-0.39, 0.29) is 25.2 Å². The minimum absolute atomic E-state index is 0.0715. The Morgan fingerprint density at radius 2 is 0.683 bits per heavy atom. The lowest BCUT2D eigenvalue weighted by atomic mass is 10.0. The topological polar surface area (TPSA) is 72.8 Å². The molecule has 0 amide bonds. The molecule has 0 fully saturated rings. The second kappa shape index (κ2) is 53.4. The van der Waals surface area contributed by atoms with Gasteiger partial charge in [-0.15, -0.1) is 0 Å². The van der Waals surface area contributed by atoms with Gasteiger partial charge in [-0.3, -0.25) is 9.59 Å². The summed E-state index contributed by atoms with van der Waals surface area (Å²) in [7, 11) is 0. The Labute approximate surface area is 390 Å². The van der Waals surface area contributed by atoms with Crippen molar-refractivity contribution in [2.45, 2.75) is 258 Å². The molecule has 0 saturated carbocycles. The van der Waals surface area contributed by atoms with Crippen molar-refractivity contribution in [3.8, 4) is 0 Å². The van der Waals surface area contributed by atoms with Gasteiger partial charge in [-0.05, 0) is 70.6 Å². The molecule has 0 radical (unpaired) electrons. The highest BCUT2D eigenvalue weighted by atomic mass is 16.6. The number of rotatable bonds is 48. The van der Waals surface area contributed by atoms with E-state index in [1.165, 1.54) is 135 Å². The third-order valence-corrected chi connectivity index (χ3v) is 11.5. The van der Waals surface area contributed by atoms with E-state index in [0.717, 1.165) is 89.9 Å². The smallest absolute Gasteiger partial charge is 0.306 e. The normalized spacial score (nSPS) is 12.9. The molecule has 0 bridgehead atoms. The number of ether oxygens (including phenoxy) is 2. The predicted octanol–water partition coefficient (Wildman–Crippen LogP) is 17.8. The van der Waals surface area contributed by atoms with Crippen molar-refractivity contribution in [2.75, 3.05) is 13.2 Å². The highest BCUT2D eigenvalue weighted by molar-refractivity contribution is 5.70. The average Bonchev–Trinajstić information content (AvgIpc) is 3.29. The summed E-state index contributed by atoms with van der Waals surface area (Å²) in [4.78, 5) is 24.5. The number of esters is 2. The van der Waals surface area contributed by atoms with Gasteiger partial charge < -0.3 is 14.6 Å². The lowest BCUT2D eigenvalue weighted by molar-refractivity contribution is -0.161. The molecule has 0 saturated heterocycles. The third kappa shape index (κ3) is 51.6. The molecule has 0 aromatic carbocycles. The first-order valence-corrected chi connectivity index (χ1v) is 26.6. The third-order valence-electron chi connectivity index (χ3n) is 11.5. The molecule has 0 aliphatic heterocycles. The molecule has 1 N–H and O–H groups in total. The van der Waals surface area contributed by atoms with E-state index >= 15 is 0 Å². The number of aliphatic hydroxyl groups is 1. The minimum Gasteiger partial charge on any atom is -0.462 e. The molecule has 63 heavy (non-hydrogen) atoms. The highest BCUT2D eigenvalue weighted by Gasteiger charge is 2.16. The van der Waals surface area contributed by atoms with Gasteiger partial charge in [0.25, 0.3) is 0 Å². The fourth-order valence-corrected chi connectivity index (χ4v) is 7.48. The number of hydrogen-bond acceptors (Lipinski definition) is 5. The van der Waals surface area contributed by atoms with Gasteiger partial charge in [-0.1, -0.05) is 253 Å². The Morgan fingerprint density at radius 1 is 0.381 bits per heavy atom. The summed E-state index contributed by atoms with van der Waals surface area (Å²) in [5.74, 6) is -0.598. The standard InChI is InChI=1S/C58H100O5/c1-3-5-7-9-11-13-15-17-19-21-23-25-26-27-28-29-30-31-32-33-35-37-39-41-43-45-47-49-51-53-58(61)63-56(54-59)55-62-57(60)52-50-48-46-44-42-40-38-36-34-24-22-20-18-16-14-12-10-8-6-4-2/h5,7,11,13,17,19,23,25,27-28,30-31,33,35,56,59H,3-4,6,8-10,12,14-16,18,20-22,24,26,29,32,34,36-55H2,1-2H3/b7-5-,13-11-,19-17-,25-23-,28-27-,31-30-,35-33-. The zero-order chi connectivity index (χ0) is 45.6. The van der Waals surface area contributed by atoms with Crippen LogP contribution in [0.5, 0.6) is 0 Å². The summed E-state index contributed by atoms with van der Waals surface area (Å²) in [5.41, 5.74) is 0. The Balaban J connectivity index is 3.56. The molecule has 0 aliphatic carbocycles. The molecule has 5 nitrogen and oxygen atoms in total. The number of carbonyl (C=O) groups is 2. The Bertz CT molecular complexity index is 1170. The van der Waals surface area contributed by atoms with Crippen molar-refractivity contribution in [3.05, 3.63) is 85.1 Å². The zero-order valence-corrected chi connectivity index (χ0v) is 41.3. The Morgan fingerprint density at radius 3 is 1.03 bits per heavy atom. The van der Waals surface area contributed by atoms with E-state index in [9.17, 15) is 14.7 Å². The minimum atomic E-state index is -0.781. The molecule has 0 spiro atoms. The Hall–Kier alpha value is -2.92. The summed E-state index contributed by atoms with van der Waals surface area (Å²) in [6.07, 6.45) is 73.9.